The van der Waals surface area contributed by atoms with E-state index in [2.05, 4.69) is 31.9 Å². The molecule has 0 aliphatic carbocycles. The molecule has 0 aromatic heterocycles. The van der Waals surface area contributed by atoms with Crippen molar-refractivity contribution in [2.24, 2.45) is 0 Å². The Bertz CT molecular complexity index is 547. The topological polar surface area (TPSA) is 83.9 Å². The molecule has 1 fully saturated rings. The summed E-state index contributed by atoms with van der Waals surface area (Å²) in [5.41, 5.74) is 0.886. The van der Waals surface area contributed by atoms with Crippen LogP contribution in [0.4, 0.5) is 4.79 Å². The minimum absolute atomic E-state index is 0.169. The van der Waals surface area contributed by atoms with Crippen molar-refractivity contribution in [3.05, 3.63) is 35.9 Å². The second-order valence-corrected chi connectivity index (χ2v) is 6.16. The van der Waals surface area contributed by atoms with E-state index in [1.807, 2.05) is 30.3 Å². The molecule has 0 spiro atoms. The number of benzene rings is 1. The van der Waals surface area contributed by atoms with Crippen molar-refractivity contribution in [1.82, 2.24) is 4.90 Å². The number of hydrogen-bond acceptors (Lipinski definition) is 4. The van der Waals surface area contributed by atoms with E-state index in [0.717, 1.165) is 5.56 Å². The zero-order valence-electron chi connectivity index (χ0n) is 13.0. The van der Waals surface area contributed by atoms with Gasteiger partial charge in [0.25, 0.3) is 0 Å². The Morgan fingerprint density at radius 1 is 1.17 bits per heavy atom. The van der Waals surface area contributed by atoms with Crippen molar-refractivity contribution < 1.29 is 24.2 Å². The lowest BCUT2D eigenvalue weighted by molar-refractivity contribution is -0.141. The van der Waals surface area contributed by atoms with Gasteiger partial charge < -0.3 is 9.84 Å². The normalized spacial score (nSPS) is 16.1. The molecular formula is C16H19Br2NO5. The zero-order chi connectivity index (χ0) is 17.9. The molecule has 132 valence electrons. The number of nitrogens with zero attached hydrogens (tertiary/aromatic N) is 1. The Balaban J connectivity index is 0.000000413. The van der Waals surface area contributed by atoms with Gasteiger partial charge in [-0.05, 0) is 18.4 Å². The van der Waals surface area contributed by atoms with Gasteiger partial charge in [0, 0.05) is 6.54 Å². The number of rotatable bonds is 5. The number of ether oxygens (including phenoxy) is 1. The Morgan fingerprint density at radius 2 is 1.79 bits per heavy atom. The Labute approximate surface area is 157 Å². The van der Waals surface area contributed by atoms with E-state index in [9.17, 15) is 14.4 Å². The van der Waals surface area contributed by atoms with E-state index in [0.29, 0.717) is 30.0 Å². The maximum absolute atomic E-state index is 11.8. The quantitative estimate of drug-likeness (QED) is 0.676. The fourth-order valence-electron chi connectivity index (χ4n) is 2.08. The van der Waals surface area contributed by atoms with Gasteiger partial charge in [-0.1, -0.05) is 62.2 Å². The SMILES string of the molecule is O=C(CBr)CBr.O=C(O)[C@@H]1CCCN1C(=O)OCc1ccccc1. The van der Waals surface area contributed by atoms with Crippen LogP contribution in [-0.4, -0.2) is 51.1 Å². The van der Waals surface area contributed by atoms with Gasteiger partial charge in [-0.15, -0.1) is 0 Å². The minimum Gasteiger partial charge on any atom is -0.480 e. The van der Waals surface area contributed by atoms with E-state index in [1.165, 1.54) is 4.90 Å². The Kier molecular flexibility index (Phi) is 9.63. The van der Waals surface area contributed by atoms with Crippen LogP contribution >= 0.6 is 31.9 Å². The lowest BCUT2D eigenvalue weighted by Gasteiger charge is -2.20. The number of aliphatic carboxylic acids is 1. The average Bonchev–Trinajstić information content (AvgIpc) is 3.10. The van der Waals surface area contributed by atoms with Gasteiger partial charge >= 0.3 is 12.1 Å². The van der Waals surface area contributed by atoms with Crippen LogP contribution in [0.25, 0.3) is 0 Å². The maximum Gasteiger partial charge on any atom is 0.410 e. The first-order valence-electron chi connectivity index (χ1n) is 7.33. The summed E-state index contributed by atoms with van der Waals surface area (Å²) in [7, 11) is 0. The van der Waals surface area contributed by atoms with Crippen LogP contribution in [0.1, 0.15) is 18.4 Å². The van der Waals surface area contributed by atoms with Gasteiger partial charge in [0.05, 0.1) is 10.7 Å². The molecule has 1 aliphatic heterocycles. The first kappa shape index (κ1) is 20.6. The lowest BCUT2D eigenvalue weighted by Crippen LogP contribution is -2.40. The number of likely N-dealkylation sites (tertiary alicyclic amines) is 1. The molecule has 1 aromatic carbocycles. The van der Waals surface area contributed by atoms with Crippen LogP contribution < -0.4 is 0 Å². The number of carbonyl (C=O) groups excluding carboxylic acids is 2. The summed E-state index contributed by atoms with van der Waals surface area (Å²) < 4.78 is 5.12. The maximum atomic E-state index is 11.8. The van der Waals surface area contributed by atoms with E-state index in [-0.39, 0.29) is 12.4 Å². The summed E-state index contributed by atoms with van der Waals surface area (Å²) >= 11 is 5.99. The van der Waals surface area contributed by atoms with E-state index < -0.39 is 18.1 Å². The van der Waals surface area contributed by atoms with Crippen molar-refractivity contribution in [2.45, 2.75) is 25.5 Å². The molecule has 0 radical (unpaired) electrons. The van der Waals surface area contributed by atoms with E-state index >= 15 is 0 Å². The van der Waals surface area contributed by atoms with Crippen molar-refractivity contribution in [1.29, 1.82) is 0 Å². The smallest absolute Gasteiger partial charge is 0.410 e. The van der Waals surface area contributed by atoms with Crippen LogP contribution in [0.3, 0.4) is 0 Å². The first-order chi connectivity index (χ1) is 11.5. The van der Waals surface area contributed by atoms with Crippen molar-refractivity contribution in [3.63, 3.8) is 0 Å². The number of ketones is 1. The molecule has 0 saturated carbocycles. The van der Waals surface area contributed by atoms with Crippen LogP contribution in [0.15, 0.2) is 30.3 Å². The second kappa shape index (κ2) is 11.2. The number of Topliss-reactive ketones (excluding diaryl/α,β-unsaturated/α-hetero) is 1. The lowest BCUT2D eigenvalue weighted by atomic mass is 10.2. The van der Waals surface area contributed by atoms with Crippen LogP contribution in [0.2, 0.25) is 0 Å². The third-order valence-corrected chi connectivity index (χ3v) is 4.53. The molecule has 1 aromatic rings. The van der Waals surface area contributed by atoms with Gasteiger partial charge in [-0.2, -0.15) is 0 Å². The van der Waals surface area contributed by atoms with E-state index in [4.69, 9.17) is 9.84 Å². The van der Waals surface area contributed by atoms with Gasteiger partial charge in [0.2, 0.25) is 0 Å². The molecule has 1 amide bonds. The van der Waals surface area contributed by atoms with Crippen LogP contribution in [-0.2, 0) is 20.9 Å². The first-order valence-corrected chi connectivity index (χ1v) is 9.57. The largest absolute Gasteiger partial charge is 0.480 e. The Hall–Kier alpha value is -1.41. The highest BCUT2D eigenvalue weighted by atomic mass is 79.9. The van der Waals surface area contributed by atoms with Crippen molar-refractivity contribution in [2.75, 3.05) is 17.2 Å². The molecule has 6 nitrogen and oxygen atoms in total. The minimum atomic E-state index is -0.968. The summed E-state index contributed by atoms with van der Waals surface area (Å²) in [6.07, 6.45) is 0.649. The molecule has 1 heterocycles. The highest BCUT2D eigenvalue weighted by molar-refractivity contribution is 9.10. The number of carboxylic acid groups (broad SMARTS) is 1. The standard InChI is InChI=1S/C13H15NO4.C3H4Br2O/c15-12(16)11-7-4-8-14(11)13(17)18-9-10-5-2-1-3-6-10;4-1-3(6)2-5/h1-3,5-6,11H,4,7-9H2,(H,15,16);1-2H2/t11-;/m0./s1. The summed E-state index contributed by atoms with van der Waals surface area (Å²) in [4.78, 5) is 34.1. The summed E-state index contributed by atoms with van der Waals surface area (Å²) in [5, 5.41) is 9.88. The number of hydrogen-bond donors (Lipinski definition) is 1. The van der Waals surface area contributed by atoms with Gasteiger partial charge in [-0.3, -0.25) is 9.69 Å². The highest BCUT2D eigenvalue weighted by Gasteiger charge is 2.34. The van der Waals surface area contributed by atoms with Gasteiger partial charge in [0.15, 0.2) is 5.78 Å². The van der Waals surface area contributed by atoms with Gasteiger partial charge in [0.1, 0.15) is 12.6 Å². The predicted molar refractivity (Wildman–Crippen MR) is 96.6 cm³/mol. The molecule has 1 N–H and O–H groups in total. The zero-order valence-corrected chi connectivity index (χ0v) is 16.2. The van der Waals surface area contributed by atoms with E-state index in [1.54, 1.807) is 0 Å². The summed E-state index contributed by atoms with van der Waals surface area (Å²) in [5.74, 6) is -0.792. The Morgan fingerprint density at radius 3 is 2.29 bits per heavy atom. The number of amides is 1. The molecule has 2 rings (SSSR count). The molecule has 1 saturated heterocycles. The predicted octanol–water partition coefficient (Wildman–Crippen LogP) is 3.22. The van der Waals surface area contributed by atoms with Crippen molar-refractivity contribution in [3.8, 4) is 0 Å². The molecule has 0 bridgehead atoms. The number of halogens is 2. The third kappa shape index (κ3) is 7.00. The highest BCUT2D eigenvalue weighted by Crippen LogP contribution is 2.18. The summed E-state index contributed by atoms with van der Waals surface area (Å²) in [6.45, 7) is 0.618. The second-order valence-electron chi connectivity index (χ2n) is 5.04. The number of alkyl halides is 2. The molecular weight excluding hydrogens is 446 g/mol. The fraction of sp³-hybridized carbons (Fsp3) is 0.438. The summed E-state index contributed by atoms with van der Waals surface area (Å²) in [6, 6.07) is 8.57. The third-order valence-electron chi connectivity index (χ3n) is 3.28. The number of carboxylic acids is 1. The van der Waals surface area contributed by atoms with Crippen LogP contribution in [0, 0.1) is 0 Å². The fourth-order valence-corrected chi connectivity index (χ4v) is 3.01. The molecule has 0 unspecified atom stereocenters. The molecule has 8 heteroatoms. The molecule has 1 atom stereocenters. The number of carbonyl (C=O) groups is 3. The monoisotopic (exact) mass is 463 g/mol. The van der Waals surface area contributed by atoms with Gasteiger partial charge in [-0.25, -0.2) is 9.59 Å². The molecule has 24 heavy (non-hydrogen) atoms. The average molecular weight is 465 g/mol. The molecule has 1 aliphatic rings. The van der Waals surface area contributed by atoms with Crippen LogP contribution in [0.5, 0.6) is 0 Å². The van der Waals surface area contributed by atoms with Crippen molar-refractivity contribution >= 4 is 49.7 Å².